The molecule has 0 bridgehead atoms. The summed E-state index contributed by atoms with van der Waals surface area (Å²) in [5.41, 5.74) is 3.47. The summed E-state index contributed by atoms with van der Waals surface area (Å²) in [5, 5.41) is 17.5. The van der Waals surface area contributed by atoms with Crippen LogP contribution < -0.4 is 5.32 Å². The highest BCUT2D eigenvalue weighted by Crippen LogP contribution is 2.39. The second kappa shape index (κ2) is 7.51. The van der Waals surface area contributed by atoms with Gasteiger partial charge in [-0.2, -0.15) is 15.3 Å². The van der Waals surface area contributed by atoms with E-state index in [1.165, 1.54) is 0 Å². The van der Waals surface area contributed by atoms with Gasteiger partial charge in [0, 0.05) is 16.1 Å². The number of nitrogens with zero attached hydrogens (tertiary/aromatic N) is 3. The summed E-state index contributed by atoms with van der Waals surface area (Å²) in [6.45, 7) is 1.91. The summed E-state index contributed by atoms with van der Waals surface area (Å²) >= 11 is 6.02. The first-order valence-electron chi connectivity index (χ1n) is 9.04. The highest BCUT2D eigenvalue weighted by Gasteiger charge is 2.43. The normalized spacial score (nSPS) is 11.9. The number of aromatic amines is 1. The van der Waals surface area contributed by atoms with Gasteiger partial charge in [0.2, 0.25) is 5.91 Å². The average molecular weight is 389 g/mol. The Labute approximate surface area is 172 Å². The molecule has 6 nitrogen and oxygen atoms in total. The van der Waals surface area contributed by atoms with Gasteiger partial charge in [-0.05, 0) is 30.3 Å². The predicted molar refractivity (Wildman–Crippen MR) is 123 cm³/mol. The Morgan fingerprint density at radius 3 is 2.39 bits per heavy atom. The van der Waals surface area contributed by atoms with E-state index in [4.69, 9.17) is 11.6 Å². The number of rotatable bonds is 5. The van der Waals surface area contributed by atoms with Crippen molar-refractivity contribution in [3.8, 4) is 11.3 Å². The summed E-state index contributed by atoms with van der Waals surface area (Å²) < 4.78 is 0. The van der Waals surface area contributed by atoms with E-state index in [2.05, 4.69) is 41.4 Å². The van der Waals surface area contributed by atoms with Crippen LogP contribution in [0.3, 0.4) is 0 Å². The molecule has 28 heavy (non-hydrogen) atoms. The second-order valence-electron chi connectivity index (χ2n) is 7.91. The Bertz CT molecular complexity index is 993. The van der Waals surface area contributed by atoms with Gasteiger partial charge in [0.05, 0.1) is 18.1 Å². The van der Waals surface area contributed by atoms with Gasteiger partial charge >= 0.3 is 0 Å². The maximum atomic E-state index is 13.2. The molecule has 0 unspecified atom stereocenters. The number of anilines is 1. The smallest absolute Gasteiger partial charge is 0.215 e. The molecule has 138 valence electrons. The van der Waals surface area contributed by atoms with Gasteiger partial charge in [0.25, 0.3) is 0 Å². The zero-order chi connectivity index (χ0) is 20.5. The molecular weight excluding hydrogens is 369 g/mol. The second-order valence-corrected chi connectivity index (χ2v) is 8.35. The van der Waals surface area contributed by atoms with Gasteiger partial charge in [-0.3, -0.25) is 9.89 Å². The molecule has 11 heteroatoms. The number of carbonyl (C=O) groups excluding carboxylic acids is 1. The summed E-state index contributed by atoms with van der Waals surface area (Å²) in [6.07, 6.45) is 3.25. The Morgan fingerprint density at radius 1 is 1.11 bits per heavy atom. The molecule has 0 aliphatic rings. The molecule has 2 N–H and O–H groups in total. The van der Waals surface area contributed by atoms with Crippen LogP contribution in [0.25, 0.3) is 11.3 Å². The van der Waals surface area contributed by atoms with Crippen molar-refractivity contribution >= 4 is 54.7 Å². The molecule has 0 aliphatic heterocycles. The number of benzene rings is 1. The lowest BCUT2D eigenvalue weighted by atomic mass is 9.28. The first kappa shape index (κ1) is 20.3. The van der Waals surface area contributed by atoms with Crippen LogP contribution in [-0.2, 0) is 10.0 Å². The van der Waals surface area contributed by atoms with Crippen molar-refractivity contribution in [1.82, 2.24) is 20.4 Å². The Kier molecular flexibility index (Phi) is 5.44. The third kappa shape index (κ3) is 3.61. The first-order chi connectivity index (χ1) is 13.1. The SMILES string of the molecule is BC(B)(C(=O)Nc1[nH]nc(-c2ccnnc2)c1C)C(B)(B)c1ccc(Cl)cc1. The average Bonchev–Trinajstić information content (AvgIpc) is 3.03. The van der Waals surface area contributed by atoms with Gasteiger partial charge in [0.15, 0.2) is 0 Å². The largest absolute Gasteiger partial charge is 0.312 e. The highest BCUT2D eigenvalue weighted by atomic mass is 35.5. The quantitative estimate of drug-likeness (QED) is 0.564. The Balaban J connectivity index is 1.86. The van der Waals surface area contributed by atoms with E-state index < -0.39 is 10.4 Å². The van der Waals surface area contributed by atoms with E-state index in [9.17, 15) is 4.79 Å². The molecule has 3 aromatic rings. The summed E-state index contributed by atoms with van der Waals surface area (Å²) in [6, 6.07) is 9.46. The van der Waals surface area contributed by atoms with E-state index in [1.807, 2.05) is 52.9 Å². The van der Waals surface area contributed by atoms with Gasteiger partial charge in [-0.25, -0.2) is 0 Å². The van der Waals surface area contributed by atoms with Gasteiger partial charge in [-0.15, -0.1) is 0 Å². The number of hydrogen-bond donors (Lipinski definition) is 2. The third-order valence-electron chi connectivity index (χ3n) is 5.80. The van der Waals surface area contributed by atoms with Crippen LogP contribution in [-0.4, -0.2) is 57.7 Å². The molecule has 0 radical (unpaired) electrons. The molecule has 0 fully saturated rings. The van der Waals surface area contributed by atoms with Crippen LogP contribution in [0.2, 0.25) is 10.2 Å². The molecule has 2 aromatic heterocycles. The van der Waals surface area contributed by atoms with Gasteiger partial charge in [-0.1, -0.05) is 34.5 Å². The predicted octanol–water partition coefficient (Wildman–Crippen LogP) is -0.731. The number of amides is 1. The number of hydrogen-bond acceptors (Lipinski definition) is 4. The fourth-order valence-corrected chi connectivity index (χ4v) is 3.14. The van der Waals surface area contributed by atoms with Crippen molar-refractivity contribution in [3.05, 3.63) is 58.9 Å². The van der Waals surface area contributed by atoms with Crippen LogP contribution in [0.15, 0.2) is 42.7 Å². The fourth-order valence-electron chi connectivity index (χ4n) is 3.01. The van der Waals surface area contributed by atoms with Gasteiger partial charge in [0.1, 0.15) is 37.2 Å². The number of carbonyl (C=O) groups is 1. The van der Waals surface area contributed by atoms with E-state index in [-0.39, 0.29) is 5.91 Å². The number of H-pyrrole nitrogens is 1. The molecule has 0 saturated carbocycles. The molecule has 2 heterocycles. The molecule has 1 aromatic carbocycles. The fraction of sp³-hybridized carbons (Fsp3) is 0.176. The van der Waals surface area contributed by atoms with E-state index in [0.717, 1.165) is 22.4 Å². The van der Waals surface area contributed by atoms with Crippen molar-refractivity contribution in [2.45, 2.75) is 17.4 Å². The van der Waals surface area contributed by atoms with Gasteiger partial charge < -0.3 is 5.32 Å². The first-order valence-corrected chi connectivity index (χ1v) is 9.42. The Morgan fingerprint density at radius 2 is 1.79 bits per heavy atom. The Hall–Kier alpha value is -2.47. The minimum atomic E-state index is -0.698. The van der Waals surface area contributed by atoms with E-state index >= 15 is 0 Å². The van der Waals surface area contributed by atoms with Crippen molar-refractivity contribution in [2.24, 2.45) is 0 Å². The van der Waals surface area contributed by atoms with Crippen LogP contribution in [0.5, 0.6) is 0 Å². The summed E-state index contributed by atoms with van der Waals surface area (Å²) in [7, 11) is 8.00. The monoisotopic (exact) mass is 389 g/mol. The maximum absolute atomic E-state index is 13.2. The lowest BCUT2D eigenvalue weighted by Crippen LogP contribution is -2.50. The third-order valence-corrected chi connectivity index (χ3v) is 6.05. The van der Waals surface area contributed by atoms with Crippen molar-refractivity contribution < 1.29 is 4.79 Å². The number of halogens is 1. The standard InChI is InChI=1S/C17H20B4ClN5O/c1-9-13(10-6-7-23-24-8-10)26-27-14(9)25-15(28)17(20,21)16(18,19)11-2-4-12(22)5-3-11/h2-8H,18-21H2,1H3,(H2,25,26,27,28). The molecule has 0 aliphatic carbocycles. The topological polar surface area (TPSA) is 83.6 Å². The van der Waals surface area contributed by atoms with Crippen LogP contribution in [0.1, 0.15) is 11.1 Å². The van der Waals surface area contributed by atoms with Crippen molar-refractivity contribution in [1.29, 1.82) is 0 Å². The minimum absolute atomic E-state index is 0.0985. The molecular formula is C17H20B4ClN5O. The lowest BCUT2D eigenvalue weighted by Gasteiger charge is -2.41. The summed E-state index contributed by atoms with van der Waals surface area (Å²) in [5.74, 6) is 0.482. The molecule has 0 atom stereocenters. The number of aromatic nitrogens is 4. The van der Waals surface area contributed by atoms with Crippen molar-refractivity contribution in [2.75, 3.05) is 5.32 Å². The minimum Gasteiger partial charge on any atom is -0.312 e. The van der Waals surface area contributed by atoms with Crippen LogP contribution >= 0.6 is 11.6 Å². The van der Waals surface area contributed by atoms with E-state index in [0.29, 0.717) is 10.8 Å². The maximum Gasteiger partial charge on any atom is 0.215 e. The number of nitrogens with one attached hydrogen (secondary N) is 2. The molecule has 0 spiro atoms. The van der Waals surface area contributed by atoms with Crippen molar-refractivity contribution in [3.63, 3.8) is 0 Å². The molecule has 0 saturated heterocycles. The zero-order valence-corrected chi connectivity index (χ0v) is 17.4. The van der Waals surface area contributed by atoms with Crippen LogP contribution in [0.4, 0.5) is 5.82 Å². The lowest BCUT2D eigenvalue weighted by molar-refractivity contribution is -0.117. The molecule has 1 amide bonds. The summed E-state index contributed by atoms with van der Waals surface area (Å²) in [4.78, 5) is 13.2. The van der Waals surface area contributed by atoms with Crippen LogP contribution in [0, 0.1) is 6.92 Å². The zero-order valence-electron chi connectivity index (χ0n) is 16.7. The highest BCUT2D eigenvalue weighted by molar-refractivity contribution is 6.62. The van der Waals surface area contributed by atoms with E-state index in [1.54, 1.807) is 12.4 Å². The molecule has 3 rings (SSSR count).